The lowest BCUT2D eigenvalue weighted by Crippen LogP contribution is -2.47. The molecule has 2 fully saturated rings. The van der Waals surface area contributed by atoms with E-state index in [0.717, 1.165) is 43.4 Å². The summed E-state index contributed by atoms with van der Waals surface area (Å²) in [5.41, 5.74) is 2.88. The van der Waals surface area contributed by atoms with E-state index in [-0.39, 0.29) is 41.8 Å². The number of aromatic nitrogens is 2. The number of aryl methyl sites for hydroxylation is 1. The maximum Gasteiger partial charge on any atom is 0.248 e. The van der Waals surface area contributed by atoms with Crippen molar-refractivity contribution in [3.8, 4) is 0 Å². The molecule has 5 rings (SSSR count). The van der Waals surface area contributed by atoms with Gasteiger partial charge in [0.25, 0.3) is 0 Å². The van der Waals surface area contributed by atoms with Gasteiger partial charge >= 0.3 is 0 Å². The first-order valence-corrected chi connectivity index (χ1v) is 15.4. The fourth-order valence-corrected chi connectivity index (χ4v) is 8.16. The van der Waals surface area contributed by atoms with E-state index >= 15 is 0 Å². The summed E-state index contributed by atoms with van der Waals surface area (Å²) in [6.07, 6.45) is 8.82. The number of benzene rings is 1. The molecule has 1 unspecified atom stereocenters. The highest BCUT2D eigenvalue weighted by molar-refractivity contribution is 7.89. The van der Waals surface area contributed by atoms with Crippen LogP contribution in [0.2, 0.25) is 0 Å². The number of amides is 2. The SMILES string of the molecule is Cc1nn(CC(=O)N2CCc3ccccc32)c(C)c1S(=O)(=O)N1CCCC(C(=O)NC2CCCCCC2)C1. The summed E-state index contributed by atoms with van der Waals surface area (Å²) >= 11 is 0. The molecule has 1 atom stereocenters. The van der Waals surface area contributed by atoms with E-state index in [1.807, 2.05) is 24.3 Å². The first kappa shape index (κ1) is 26.9. The fraction of sp³-hybridized carbons (Fsp3) is 0.607. The van der Waals surface area contributed by atoms with E-state index in [9.17, 15) is 18.0 Å². The normalized spacial score (nSPS) is 21.2. The molecule has 1 saturated carbocycles. The summed E-state index contributed by atoms with van der Waals surface area (Å²) in [4.78, 5) is 28.1. The number of nitrogens with zero attached hydrogens (tertiary/aromatic N) is 4. The summed E-state index contributed by atoms with van der Waals surface area (Å²) in [5.74, 6) is -0.496. The molecule has 10 heteroatoms. The molecule has 9 nitrogen and oxygen atoms in total. The number of rotatable bonds is 6. The Labute approximate surface area is 225 Å². The second kappa shape index (κ2) is 11.2. The maximum atomic E-state index is 13.8. The van der Waals surface area contributed by atoms with Gasteiger partial charge < -0.3 is 10.2 Å². The van der Waals surface area contributed by atoms with E-state index < -0.39 is 10.0 Å². The zero-order valence-electron chi connectivity index (χ0n) is 22.5. The summed E-state index contributed by atoms with van der Waals surface area (Å²) in [6, 6.07) is 8.05. The third-order valence-electron chi connectivity index (χ3n) is 8.34. The van der Waals surface area contributed by atoms with Crippen molar-refractivity contribution in [3.63, 3.8) is 0 Å². The second-order valence-corrected chi connectivity index (χ2v) is 12.9. The number of para-hydroxylation sites is 1. The molecule has 0 bridgehead atoms. The van der Waals surface area contributed by atoms with Gasteiger partial charge in [0.1, 0.15) is 11.4 Å². The van der Waals surface area contributed by atoms with Crippen LogP contribution in [0.15, 0.2) is 29.2 Å². The fourth-order valence-electron chi connectivity index (χ4n) is 6.27. The molecule has 206 valence electrons. The third-order valence-corrected chi connectivity index (χ3v) is 10.5. The average Bonchev–Trinajstić information content (AvgIpc) is 3.34. The van der Waals surface area contributed by atoms with Gasteiger partial charge in [-0.25, -0.2) is 8.42 Å². The molecule has 0 spiro atoms. The molecule has 2 aliphatic heterocycles. The van der Waals surface area contributed by atoms with Crippen LogP contribution in [0.3, 0.4) is 0 Å². The van der Waals surface area contributed by atoms with Crippen molar-refractivity contribution in [2.24, 2.45) is 5.92 Å². The Morgan fingerprint density at radius 2 is 1.74 bits per heavy atom. The standard InChI is InChI=1S/C28H39N5O4S/c1-20-27(21(2)33(30-20)19-26(34)32-17-15-22-10-7-8-14-25(22)32)38(36,37)31-16-9-11-23(18-31)28(35)29-24-12-5-3-4-6-13-24/h7-8,10,14,23-24H,3-6,9,11-13,15-19H2,1-2H3,(H,29,35). The molecule has 3 aliphatic rings. The van der Waals surface area contributed by atoms with E-state index in [1.54, 1.807) is 18.7 Å². The Morgan fingerprint density at radius 3 is 2.50 bits per heavy atom. The van der Waals surface area contributed by atoms with Crippen molar-refractivity contribution in [2.75, 3.05) is 24.5 Å². The Morgan fingerprint density at radius 1 is 1.00 bits per heavy atom. The number of hydrogen-bond donors (Lipinski definition) is 1. The lowest BCUT2D eigenvalue weighted by atomic mass is 9.97. The molecule has 1 aromatic carbocycles. The van der Waals surface area contributed by atoms with Crippen molar-refractivity contribution >= 4 is 27.5 Å². The highest BCUT2D eigenvalue weighted by Gasteiger charge is 2.37. The number of nitrogens with one attached hydrogen (secondary N) is 1. The Bertz CT molecular complexity index is 1300. The van der Waals surface area contributed by atoms with Gasteiger partial charge in [-0.2, -0.15) is 9.40 Å². The van der Waals surface area contributed by atoms with Gasteiger partial charge in [-0.15, -0.1) is 0 Å². The van der Waals surface area contributed by atoms with Crippen molar-refractivity contribution in [2.45, 2.75) is 89.1 Å². The third kappa shape index (κ3) is 5.38. The van der Waals surface area contributed by atoms with Gasteiger partial charge in [0, 0.05) is 31.4 Å². The lowest BCUT2D eigenvalue weighted by Gasteiger charge is -2.32. The van der Waals surface area contributed by atoms with E-state index in [0.29, 0.717) is 37.3 Å². The molecular formula is C28H39N5O4S. The van der Waals surface area contributed by atoms with Crippen LogP contribution in [0, 0.1) is 19.8 Å². The van der Waals surface area contributed by atoms with Crippen LogP contribution < -0.4 is 10.2 Å². The first-order valence-electron chi connectivity index (χ1n) is 14.0. The number of sulfonamides is 1. The first-order chi connectivity index (χ1) is 18.3. The Hall–Kier alpha value is -2.72. The average molecular weight is 542 g/mol. The maximum absolute atomic E-state index is 13.8. The van der Waals surface area contributed by atoms with Crippen LogP contribution in [-0.4, -0.2) is 60.0 Å². The minimum atomic E-state index is -3.87. The second-order valence-electron chi connectivity index (χ2n) is 11.0. The largest absolute Gasteiger partial charge is 0.353 e. The van der Waals surface area contributed by atoms with Gasteiger partial charge in [-0.1, -0.05) is 43.9 Å². The summed E-state index contributed by atoms with van der Waals surface area (Å²) in [5, 5.41) is 7.67. The molecule has 3 heterocycles. The Kier molecular flexibility index (Phi) is 7.90. The highest BCUT2D eigenvalue weighted by Crippen LogP contribution is 2.30. The van der Waals surface area contributed by atoms with Crippen molar-refractivity contribution in [1.29, 1.82) is 0 Å². The van der Waals surface area contributed by atoms with Crippen LogP contribution in [0.1, 0.15) is 68.3 Å². The number of hydrogen-bond acceptors (Lipinski definition) is 5. The zero-order chi connectivity index (χ0) is 26.9. The number of anilines is 1. The Balaban J connectivity index is 1.28. The van der Waals surface area contributed by atoms with Crippen LogP contribution >= 0.6 is 0 Å². The molecule has 1 N–H and O–H groups in total. The monoisotopic (exact) mass is 541 g/mol. The van der Waals surface area contributed by atoms with Crippen molar-refractivity contribution < 1.29 is 18.0 Å². The quantitative estimate of drug-likeness (QED) is 0.565. The van der Waals surface area contributed by atoms with Crippen LogP contribution in [0.25, 0.3) is 0 Å². The van der Waals surface area contributed by atoms with Gasteiger partial charge in [0.05, 0.1) is 17.3 Å². The molecule has 1 saturated heterocycles. The molecule has 0 radical (unpaired) electrons. The highest BCUT2D eigenvalue weighted by atomic mass is 32.2. The van der Waals surface area contributed by atoms with Crippen LogP contribution in [0.4, 0.5) is 5.69 Å². The zero-order valence-corrected chi connectivity index (χ0v) is 23.3. The molecule has 2 aromatic rings. The predicted molar refractivity (Wildman–Crippen MR) is 145 cm³/mol. The van der Waals surface area contributed by atoms with Gasteiger partial charge in [-0.05, 0) is 57.6 Å². The number of carbonyl (C=O) groups is 2. The van der Waals surface area contributed by atoms with E-state index in [1.165, 1.54) is 21.8 Å². The smallest absolute Gasteiger partial charge is 0.248 e. The molecular weight excluding hydrogens is 502 g/mol. The van der Waals surface area contributed by atoms with Crippen LogP contribution in [0.5, 0.6) is 0 Å². The molecule has 1 aromatic heterocycles. The molecule has 38 heavy (non-hydrogen) atoms. The van der Waals surface area contributed by atoms with Gasteiger partial charge in [0.15, 0.2) is 0 Å². The topological polar surface area (TPSA) is 105 Å². The van der Waals surface area contributed by atoms with E-state index in [4.69, 9.17) is 0 Å². The van der Waals surface area contributed by atoms with Crippen LogP contribution in [-0.2, 0) is 32.6 Å². The number of fused-ring (bicyclic) bond motifs is 1. The summed E-state index contributed by atoms with van der Waals surface area (Å²) in [7, 11) is -3.87. The molecule has 1 aliphatic carbocycles. The van der Waals surface area contributed by atoms with Gasteiger partial charge in [-0.3, -0.25) is 14.3 Å². The molecule has 2 amide bonds. The van der Waals surface area contributed by atoms with Crippen molar-refractivity contribution in [1.82, 2.24) is 19.4 Å². The summed E-state index contributed by atoms with van der Waals surface area (Å²) < 4.78 is 30.5. The predicted octanol–water partition coefficient (Wildman–Crippen LogP) is 3.33. The number of carbonyl (C=O) groups excluding carboxylic acids is 2. The minimum absolute atomic E-state index is 0.0249. The number of piperidine rings is 1. The van der Waals surface area contributed by atoms with Crippen molar-refractivity contribution in [3.05, 3.63) is 41.2 Å². The van der Waals surface area contributed by atoms with Gasteiger partial charge in [0.2, 0.25) is 21.8 Å². The summed E-state index contributed by atoms with van der Waals surface area (Å²) in [6.45, 7) is 4.52. The lowest BCUT2D eigenvalue weighted by molar-refractivity contribution is -0.127. The minimum Gasteiger partial charge on any atom is -0.353 e. The van der Waals surface area contributed by atoms with E-state index in [2.05, 4.69) is 10.4 Å².